The Morgan fingerprint density at radius 3 is 2.12 bits per heavy atom. The van der Waals surface area contributed by atoms with E-state index in [2.05, 4.69) is 0 Å². The number of benzene rings is 3. The molecule has 1 heterocycles. The van der Waals surface area contributed by atoms with Crippen LogP contribution in [0.4, 0.5) is 11.4 Å². The molecule has 0 aromatic heterocycles. The molecule has 3 aromatic rings. The highest BCUT2D eigenvalue weighted by atomic mass is 35.5. The van der Waals surface area contributed by atoms with Gasteiger partial charge in [-0.05, 0) is 29.8 Å². The number of nitrogens with zero attached hydrogens (tertiary/aromatic N) is 1. The van der Waals surface area contributed by atoms with Crippen LogP contribution in [-0.4, -0.2) is 5.91 Å². The number of hydrogen-bond donors (Lipinski definition) is 0. The first-order valence-electron chi connectivity index (χ1n) is 7.71. The van der Waals surface area contributed by atoms with Crippen LogP contribution in [0.2, 0.25) is 5.02 Å². The summed E-state index contributed by atoms with van der Waals surface area (Å²) in [4.78, 5) is 14.8. The molecule has 1 aliphatic heterocycles. The molecule has 116 valence electrons. The van der Waals surface area contributed by atoms with Gasteiger partial charge in [0.15, 0.2) is 0 Å². The van der Waals surface area contributed by atoms with E-state index >= 15 is 0 Å². The molecule has 3 heteroatoms. The van der Waals surface area contributed by atoms with Gasteiger partial charge in [-0.2, -0.15) is 0 Å². The minimum absolute atomic E-state index is 0.0619. The van der Waals surface area contributed by atoms with Crippen molar-refractivity contribution in [3.8, 4) is 0 Å². The fraction of sp³-hybridized carbons (Fsp3) is 0. The van der Waals surface area contributed by atoms with Gasteiger partial charge in [-0.25, -0.2) is 0 Å². The van der Waals surface area contributed by atoms with Crippen molar-refractivity contribution < 1.29 is 4.79 Å². The second-order valence-electron chi connectivity index (χ2n) is 5.58. The SMILES string of the molecule is O=C1C(=Cc2ccccc2)c2ccccc2N1c1ccccc1Cl. The first-order chi connectivity index (χ1) is 11.8. The Hall–Kier alpha value is -2.84. The fourth-order valence-corrected chi connectivity index (χ4v) is 3.19. The molecule has 4 rings (SSSR count). The molecule has 0 spiro atoms. The smallest absolute Gasteiger partial charge is 0.263 e. The Kier molecular flexibility index (Phi) is 3.68. The van der Waals surface area contributed by atoms with Crippen LogP contribution >= 0.6 is 11.6 Å². The predicted molar refractivity (Wildman–Crippen MR) is 99.4 cm³/mol. The van der Waals surface area contributed by atoms with E-state index < -0.39 is 0 Å². The number of para-hydroxylation sites is 2. The van der Waals surface area contributed by atoms with Gasteiger partial charge < -0.3 is 0 Å². The maximum absolute atomic E-state index is 13.1. The van der Waals surface area contributed by atoms with Crippen molar-refractivity contribution in [3.05, 3.63) is 95.0 Å². The Balaban J connectivity index is 1.89. The van der Waals surface area contributed by atoms with E-state index in [1.807, 2.05) is 78.9 Å². The number of amides is 1. The molecule has 0 atom stereocenters. The fourth-order valence-electron chi connectivity index (χ4n) is 2.97. The molecule has 0 fully saturated rings. The third kappa shape index (κ3) is 2.41. The van der Waals surface area contributed by atoms with Gasteiger partial charge in [0.05, 0.1) is 22.0 Å². The van der Waals surface area contributed by atoms with E-state index in [4.69, 9.17) is 11.6 Å². The summed E-state index contributed by atoms with van der Waals surface area (Å²) < 4.78 is 0. The molecule has 0 bridgehead atoms. The second kappa shape index (κ2) is 5.99. The van der Waals surface area contributed by atoms with Gasteiger partial charge in [0.1, 0.15) is 0 Å². The van der Waals surface area contributed by atoms with Crippen molar-refractivity contribution in [2.45, 2.75) is 0 Å². The Morgan fingerprint density at radius 2 is 1.38 bits per heavy atom. The van der Waals surface area contributed by atoms with Crippen LogP contribution in [0.5, 0.6) is 0 Å². The summed E-state index contributed by atoms with van der Waals surface area (Å²) in [5.41, 5.74) is 4.16. The molecule has 0 radical (unpaired) electrons. The summed E-state index contributed by atoms with van der Waals surface area (Å²) in [5.74, 6) is -0.0619. The summed E-state index contributed by atoms with van der Waals surface area (Å²) in [7, 11) is 0. The van der Waals surface area contributed by atoms with Gasteiger partial charge in [-0.1, -0.05) is 72.3 Å². The van der Waals surface area contributed by atoms with Gasteiger partial charge in [-0.15, -0.1) is 0 Å². The van der Waals surface area contributed by atoms with E-state index in [0.717, 1.165) is 16.8 Å². The number of hydrogen-bond acceptors (Lipinski definition) is 1. The average Bonchev–Trinajstić information content (AvgIpc) is 2.89. The van der Waals surface area contributed by atoms with Crippen LogP contribution in [0, 0.1) is 0 Å². The zero-order chi connectivity index (χ0) is 16.5. The molecule has 0 saturated carbocycles. The number of halogens is 1. The summed E-state index contributed by atoms with van der Waals surface area (Å²) in [5, 5.41) is 0.557. The zero-order valence-electron chi connectivity index (χ0n) is 12.8. The quantitative estimate of drug-likeness (QED) is 0.563. The molecule has 2 nitrogen and oxygen atoms in total. The maximum atomic E-state index is 13.1. The van der Waals surface area contributed by atoms with Gasteiger partial charge in [0, 0.05) is 5.56 Å². The van der Waals surface area contributed by atoms with Crippen LogP contribution in [0.1, 0.15) is 11.1 Å². The molecule has 0 aliphatic carbocycles. The van der Waals surface area contributed by atoms with Crippen molar-refractivity contribution in [1.82, 2.24) is 0 Å². The minimum Gasteiger partial charge on any atom is -0.275 e. The maximum Gasteiger partial charge on any atom is 0.263 e. The number of carbonyl (C=O) groups excluding carboxylic acids is 1. The predicted octanol–water partition coefficient (Wildman–Crippen LogP) is 5.56. The lowest BCUT2D eigenvalue weighted by molar-refractivity contribution is -0.112. The molecule has 0 saturated heterocycles. The lowest BCUT2D eigenvalue weighted by Gasteiger charge is -2.18. The molecular weight excluding hydrogens is 318 g/mol. The third-order valence-electron chi connectivity index (χ3n) is 4.07. The highest BCUT2D eigenvalue weighted by Gasteiger charge is 2.33. The normalized spacial score (nSPS) is 15.0. The van der Waals surface area contributed by atoms with Crippen LogP contribution in [-0.2, 0) is 4.79 Å². The molecule has 1 amide bonds. The second-order valence-corrected chi connectivity index (χ2v) is 5.99. The summed E-state index contributed by atoms with van der Waals surface area (Å²) in [6.07, 6.45) is 1.93. The van der Waals surface area contributed by atoms with E-state index in [9.17, 15) is 4.79 Å². The lowest BCUT2D eigenvalue weighted by Crippen LogP contribution is -2.20. The zero-order valence-corrected chi connectivity index (χ0v) is 13.6. The van der Waals surface area contributed by atoms with Crippen molar-refractivity contribution >= 4 is 40.5 Å². The van der Waals surface area contributed by atoms with Gasteiger partial charge in [0.25, 0.3) is 5.91 Å². The highest BCUT2D eigenvalue weighted by Crippen LogP contribution is 2.44. The molecular formula is C21H14ClNO. The highest BCUT2D eigenvalue weighted by molar-refractivity contribution is 6.41. The molecule has 0 unspecified atom stereocenters. The van der Waals surface area contributed by atoms with E-state index in [-0.39, 0.29) is 5.91 Å². The van der Waals surface area contributed by atoms with E-state index in [1.54, 1.807) is 11.0 Å². The number of fused-ring (bicyclic) bond motifs is 1. The number of rotatable bonds is 2. The number of carbonyl (C=O) groups is 1. The van der Waals surface area contributed by atoms with Crippen molar-refractivity contribution in [2.75, 3.05) is 4.90 Å². The minimum atomic E-state index is -0.0619. The van der Waals surface area contributed by atoms with Crippen LogP contribution < -0.4 is 4.90 Å². The molecule has 3 aromatic carbocycles. The topological polar surface area (TPSA) is 20.3 Å². The Morgan fingerprint density at radius 1 is 0.750 bits per heavy atom. The summed E-state index contributed by atoms with van der Waals surface area (Å²) in [6, 6.07) is 25.1. The van der Waals surface area contributed by atoms with Crippen LogP contribution in [0.15, 0.2) is 78.9 Å². The molecule has 24 heavy (non-hydrogen) atoms. The largest absolute Gasteiger partial charge is 0.275 e. The Labute approximate surface area is 145 Å². The van der Waals surface area contributed by atoms with Gasteiger partial charge >= 0.3 is 0 Å². The summed E-state index contributed by atoms with van der Waals surface area (Å²) >= 11 is 6.33. The lowest BCUT2D eigenvalue weighted by atomic mass is 10.0. The van der Waals surface area contributed by atoms with Crippen LogP contribution in [0.25, 0.3) is 11.6 Å². The van der Waals surface area contributed by atoms with E-state index in [1.165, 1.54) is 0 Å². The van der Waals surface area contributed by atoms with Crippen LogP contribution in [0.3, 0.4) is 0 Å². The third-order valence-corrected chi connectivity index (χ3v) is 4.39. The summed E-state index contributed by atoms with van der Waals surface area (Å²) in [6.45, 7) is 0. The standard InChI is InChI=1S/C21H14ClNO/c22-18-11-5-7-13-20(18)23-19-12-6-4-10-16(19)17(21(23)24)14-15-8-2-1-3-9-15/h1-14H. The first-order valence-corrected chi connectivity index (χ1v) is 8.08. The molecule has 1 aliphatic rings. The number of anilines is 2. The monoisotopic (exact) mass is 331 g/mol. The van der Waals surface area contributed by atoms with Gasteiger partial charge in [0.2, 0.25) is 0 Å². The molecule has 0 N–H and O–H groups in total. The van der Waals surface area contributed by atoms with Gasteiger partial charge in [-0.3, -0.25) is 9.69 Å². The van der Waals surface area contributed by atoms with Crippen molar-refractivity contribution in [2.24, 2.45) is 0 Å². The average molecular weight is 332 g/mol. The van der Waals surface area contributed by atoms with Crippen molar-refractivity contribution in [3.63, 3.8) is 0 Å². The first kappa shape index (κ1) is 14.7. The van der Waals surface area contributed by atoms with Crippen molar-refractivity contribution in [1.29, 1.82) is 0 Å². The van der Waals surface area contributed by atoms with E-state index in [0.29, 0.717) is 16.3 Å². The Bertz CT molecular complexity index is 947.